The number of benzene rings is 1. The molecule has 0 saturated carbocycles. The number of fused-ring (bicyclic) bond motifs is 1. The predicted octanol–water partition coefficient (Wildman–Crippen LogP) is 3.90. The summed E-state index contributed by atoms with van der Waals surface area (Å²) in [6.45, 7) is 3.84. The molecule has 0 fully saturated rings. The van der Waals surface area contributed by atoms with Gasteiger partial charge in [0.25, 0.3) is 5.91 Å². The zero-order chi connectivity index (χ0) is 19.0. The van der Waals surface area contributed by atoms with Gasteiger partial charge in [-0.3, -0.25) is 9.48 Å². The minimum absolute atomic E-state index is 0.228. The Hall–Kier alpha value is -3.54. The minimum atomic E-state index is -0.228. The zero-order valence-electron chi connectivity index (χ0n) is 15.4. The van der Waals surface area contributed by atoms with Crippen LogP contribution in [0.1, 0.15) is 21.6 Å². The number of nitrogens with zero attached hydrogens (tertiary/aromatic N) is 4. The summed E-state index contributed by atoms with van der Waals surface area (Å²) in [5.74, 6) is 0.293. The van der Waals surface area contributed by atoms with Crippen molar-refractivity contribution in [3.63, 3.8) is 0 Å². The van der Waals surface area contributed by atoms with Crippen molar-refractivity contribution >= 4 is 22.8 Å². The first kappa shape index (κ1) is 16.9. The summed E-state index contributed by atoms with van der Waals surface area (Å²) in [5, 5.41) is 8.09. The van der Waals surface area contributed by atoms with Crippen LogP contribution in [0.2, 0.25) is 0 Å². The van der Waals surface area contributed by atoms with Crippen molar-refractivity contribution in [2.75, 3.05) is 5.32 Å². The monoisotopic (exact) mass is 357 g/mol. The van der Waals surface area contributed by atoms with E-state index in [1.807, 2.05) is 69.4 Å². The van der Waals surface area contributed by atoms with E-state index in [-0.39, 0.29) is 5.91 Å². The third-order valence-corrected chi connectivity index (χ3v) is 4.44. The van der Waals surface area contributed by atoms with Gasteiger partial charge in [0, 0.05) is 18.8 Å². The van der Waals surface area contributed by atoms with E-state index in [0.717, 1.165) is 27.9 Å². The average Bonchev–Trinajstić information content (AvgIpc) is 2.96. The number of anilines is 1. The lowest BCUT2D eigenvalue weighted by Crippen LogP contribution is -2.14. The number of aromatic nitrogens is 4. The van der Waals surface area contributed by atoms with Gasteiger partial charge in [-0.1, -0.05) is 30.3 Å². The van der Waals surface area contributed by atoms with Crippen LogP contribution in [0.4, 0.5) is 5.82 Å². The summed E-state index contributed by atoms with van der Waals surface area (Å²) < 4.78 is 1.71. The molecule has 3 heterocycles. The minimum Gasteiger partial charge on any atom is -0.307 e. The largest absolute Gasteiger partial charge is 0.307 e. The number of hydrogen-bond donors (Lipinski definition) is 1. The topological polar surface area (TPSA) is 72.7 Å². The van der Waals surface area contributed by atoms with Gasteiger partial charge >= 0.3 is 0 Å². The van der Waals surface area contributed by atoms with E-state index in [0.29, 0.717) is 17.0 Å². The fourth-order valence-corrected chi connectivity index (χ4v) is 3.17. The van der Waals surface area contributed by atoms with Gasteiger partial charge in [0.15, 0.2) is 5.65 Å². The van der Waals surface area contributed by atoms with Gasteiger partial charge in [0.2, 0.25) is 0 Å². The molecule has 6 nitrogen and oxygen atoms in total. The first-order valence-electron chi connectivity index (χ1n) is 8.66. The Morgan fingerprint density at radius 2 is 1.85 bits per heavy atom. The SMILES string of the molecule is Cc1ccnc(NC(=O)c2cc(-c3ccccc3)nc3c2c(C)nn3C)c1. The second-order valence-corrected chi connectivity index (χ2v) is 6.50. The molecule has 6 heteroatoms. The fraction of sp³-hybridized carbons (Fsp3) is 0.143. The highest BCUT2D eigenvalue weighted by molar-refractivity contribution is 6.13. The third kappa shape index (κ3) is 3.17. The number of amides is 1. The predicted molar refractivity (Wildman–Crippen MR) is 106 cm³/mol. The lowest BCUT2D eigenvalue weighted by atomic mass is 10.0. The van der Waals surface area contributed by atoms with Crippen LogP contribution in [0, 0.1) is 13.8 Å². The molecule has 0 aliphatic carbocycles. The molecule has 0 atom stereocenters. The Labute approximate surface area is 156 Å². The molecule has 0 saturated heterocycles. The molecule has 0 aliphatic heterocycles. The molecule has 1 aromatic carbocycles. The maximum Gasteiger partial charge on any atom is 0.257 e. The molecule has 3 aromatic heterocycles. The number of nitrogens with one attached hydrogen (secondary N) is 1. The second-order valence-electron chi connectivity index (χ2n) is 6.50. The fourth-order valence-electron chi connectivity index (χ4n) is 3.17. The molecular formula is C21H19N5O. The van der Waals surface area contributed by atoms with Gasteiger partial charge in [0.1, 0.15) is 5.82 Å². The van der Waals surface area contributed by atoms with E-state index >= 15 is 0 Å². The Balaban J connectivity index is 1.86. The Morgan fingerprint density at radius 3 is 2.59 bits per heavy atom. The van der Waals surface area contributed by atoms with Gasteiger partial charge in [-0.25, -0.2) is 9.97 Å². The van der Waals surface area contributed by atoms with Crippen LogP contribution in [-0.2, 0) is 7.05 Å². The highest BCUT2D eigenvalue weighted by Gasteiger charge is 2.19. The van der Waals surface area contributed by atoms with Crippen LogP contribution >= 0.6 is 0 Å². The number of hydrogen-bond acceptors (Lipinski definition) is 4. The Morgan fingerprint density at radius 1 is 1.07 bits per heavy atom. The van der Waals surface area contributed by atoms with Crippen molar-refractivity contribution in [2.45, 2.75) is 13.8 Å². The summed E-state index contributed by atoms with van der Waals surface area (Å²) in [4.78, 5) is 22.0. The maximum atomic E-state index is 13.1. The maximum absolute atomic E-state index is 13.1. The number of pyridine rings is 2. The molecule has 134 valence electrons. The highest BCUT2D eigenvalue weighted by atomic mass is 16.1. The van der Waals surface area contributed by atoms with Crippen molar-refractivity contribution in [2.24, 2.45) is 7.05 Å². The van der Waals surface area contributed by atoms with Crippen LogP contribution < -0.4 is 5.32 Å². The van der Waals surface area contributed by atoms with Crippen molar-refractivity contribution in [1.29, 1.82) is 0 Å². The summed E-state index contributed by atoms with van der Waals surface area (Å²) in [7, 11) is 1.83. The first-order valence-corrected chi connectivity index (χ1v) is 8.66. The van der Waals surface area contributed by atoms with Crippen molar-refractivity contribution in [3.05, 3.63) is 71.5 Å². The molecule has 4 rings (SSSR count). The first-order chi connectivity index (χ1) is 13.0. The number of carbonyl (C=O) groups is 1. The van der Waals surface area contributed by atoms with E-state index < -0.39 is 0 Å². The molecule has 1 N–H and O–H groups in total. The summed E-state index contributed by atoms with van der Waals surface area (Å²) in [5.41, 5.74) is 4.68. The van der Waals surface area contributed by atoms with Crippen LogP contribution in [0.15, 0.2) is 54.7 Å². The van der Waals surface area contributed by atoms with E-state index in [2.05, 4.69) is 15.4 Å². The Bertz CT molecular complexity index is 1150. The Kier molecular flexibility index (Phi) is 4.16. The molecule has 1 amide bonds. The number of rotatable bonds is 3. The van der Waals surface area contributed by atoms with Gasteiger partial charge < -0.3 is 5.32 Å². The molecule has 0 bridgehead atoms. The van der Waals surface area contributed by atoms with Crippen LogP contribution in [0.5, 0.6) is 0 Å². The van der Waals surface area contributed by atoms with Crippen molar-refractivity contribution in [1.82, 2.24) is 19.7 Å². The smallest absolute Gasteiger partial charge is 0.257 e. The third-order valence-electron chi connectivity index (χ3n) is 4.44. The van der Waals surface area contributed by atoms with Crippen LogP contribution in [-0.4, -0.2) is 25.7 Å². The standard InChI is InChI=1S/C21H19N5O/c1-13-9-10-22-18(11-13)24-21(27)16-12-17(15-7-5-4-6-8-15)23-20-19(16)14(2)25-26(20)3/h4-12H,1-3H3,(H,22,24,27). The van der Waals surface area contributed by atoms with E-state index in [1.54, 1.807) is 10.9 Å². The van der Waals surface area contributed by atoms with E-state index in [4.69, 9.17) is 4.98 Å². The number of carbonyl (C=O) groups excluding carboxylic acids is 1. The molecule has 0 unspecified atom stereocenters. The molecule has 0 spiro atoms. The molecule has 0 aliphatic rings. The lowest BCUT2D eigenvalue weighted by Gasteiger charge is -2.09. The normalized spacial score (nSPS) is 10.9. The van der Waals surface area contributed by atoms with Gasteiger partial charge in [-0.2, -0.15) is 5.10 Å². The summed E-state index contributed by atoms with van der Waals surface area (Å²) in [6.07, 6.45) is 1.68. The summed E-state index contributed by atoms with van der Waals surface area (Å²) in [6, 6.07) is 15.3. The van der Waals surface area contributed by atoms with Crippen molar-refractivity contribution in [3.8, 4) is 11.3 Å². The molecule has 0 radical (unpaired) electrons. The highest BCUT2D eigenvalue weighted by Crippen LogP contribution is 2.27. The van der Waals surface area contributed by atoms with Crippen LogP contribution in [0.25, 0.3) is 22.3 Å². The average molecular weight is 357 g/mol. The lowest BCUT2D eigenvalue weighted by molar-refractivity contribution is 0.102. The van der Waals surface area contributed by atoms with E-state index in [1.165, 1.54) is 0 Å². The van der Waals surface area contributed by atoms with Crippen LogP contribution in [0.3, 0.4) is 0 Å². The molecular weight excluding hydrogens is 338 g/mol. The zero-order valence-corrected chi connectivity index (χ0v) is 15.4. The quantitative estimate of drug-likeness (QED) is 0.603. The summed E-state index contributed by atoms with van der Waals surface area (Å²) >= 11 is 0. The number of aryl methyl sites for hydroxylation is 3. The van der Waals surface area contributed by atoms with Gasteiger partial charge in [-0.15, -0.1) is 0 Å². The van der Waals surface area contributed by atoms with Gasteiger partial charge in [0.05, 0.1) is 22.3 Å². The second kappa shape index (κ2) is 6.64. The molecule has 27 heavy (non-hydrogen) atoms. The molecule has 4 aromatic rings. The van der Waals surface area contributed by atoms with Crippen molar-refractivity contribution < 1.29 is 4.79 Å². The van der Waals surface area contributed by atoms with E-state index in [9.17, 15) is 4.79 Å². The van der Waals surface area contributed by atoms with Gasteiger partial charge in [-0.05, 0) is 37.6 Å².